The number of aldehydes is 1. The van der Waals surface area contributed by atoms with Crippen molar-refractivity contribution in [3.8, 4) is 0 Å². The molecular weight excluding hydrogens is 244 g/mol. The summed E-state index contributed by atoms with van der Waals surface area (Å²) in [6.45, 7) is 1.64. The predicted molar refractivity (Wildman–Crippen MR) is 59.4 cm³/mol. The van der Waals surface area contributed by atoms with E-state index in [1.807, 2.05) is 18.2 Å². The summed E-state index contributed by atoms with van der Waals surface area (Å²) in [5.41, 5.74) is 2.04. The maximum atomic E-state index is 10.9. The van der Waals surface area contributed by atoms with Crippen LogP contribution in [0.2, 0.25) is 0 Å². The minimum absolute atomic E-state index is 0.187. The van der Waals surface area contributed by atoms with Crippen LogP contribution in [0.25, 0.3) is 0 Å². The van der Waals surface area contributed by atoms with Crippen LogP contribution in [0.1, 0.15) is 11.6 Å². The van der Waals surface area contributed by atoms with E-state index in [2.05, 4.69) is 26.6 Å². The summed E-state index contributed by atoms with van der Waals surface area (Å²) in [5, 5.41) is 6.44. The highest BCUT2D eigenvalue weighted by atomic mass is 79.9. The van der Waals surface area contributed by atoms with Crippen molar-refractivity contribution in [2.24, 2.45) is 0 Å². The van der Waals surface area contributed by atoms with Crippen molar-refractivity contribution in [2.45, 2.75) is 6.04 Å². The summed E-state index contributed by atoms with van der Waals surface area (Å²) < 4.78 is 1.02. The van der Waals surface area contributed by atoms with Crippen LogP contribution in [0, 0.1) is 0 Å². The molecule has 3 nitrogen and oxygen atoms in total. The van der Waals surface area contributed by atoms with Gasteiger partial charge in [0.15, 0.2) is 0 Å². The normalized spacial score (nSPS) is 20.5. The van der Waals surface area contributed by atoms with Gasteiger partial charge in [-0.15, -0.1) is 0 Å². The summed E-state index contributed by atoms with van der Waals surface area (Å²) in [6.07, 6.45) is 0.944. The average molecular weight is 255 g/mol. The Bertz CT molecular complexity index is 354. The van der Waals surface area contributed by atoms with Crippen LogP contribution in [-0.2, 0) is 4.79 Å². The molecule has 14 heavy (non-hydrogen) atoms. The van der Waals surface area contributed by atoms with Gasteiger partial charge in [-0.25, -0.2) is 0 Å². The zero-order chi connectivity index (χ0) is 9.97. The van der Waals surface area contributed by atoms with Crippen molar-refractivity contribution >= 4 is 27.9 Å². The largest absolute Gasteiger partial charge is 0.383 e. The standard InChI is InChI=1S/C10H11BrN2O/c11-7-1-2-8-9(5-7)12-3-4-13-10(8)6-14/h1-2,5-6,10,12-13H,3-4H2. The van der Waals surface area contributed by atoms with E-state index in [9.17, 15) is 4.79 Å². The van der Waals surface area contributed by atoms with Crippen molar-refractivity contribution in [1.29, 1.82) is 0 Å². The number of carbonyl (C=O) groups is 1. The molecule has 1 aliphatic rings. The lowest BCUT2D eigenvalue weighted by Gasteiger charge is -2.11. The number of nitrogens with one attached hydrogen (secondary N) is 2. The van der Waals surface area contributed by atoms with Gasteiger partial charge in [0.2, 0.25) is 0 Å². The molecule has 1 atom stereocenters. The highest BCUT2D eigenvalue weighted by Gasteiger charge is 2.16. The molecule has 0 fully saturated rings. The SMILES string of the molecule is O=CC1NCCNc2cc(Br)ccc21. The first-order valence-electron chi connectivity index (χ1n) is 4.53. The molecule has 74 valence electrons. The Hall–Kier alpha value is -0.870. The van der Waals surface area contributed by atoms with Crippen LogP contribution in [-0.4, -0.2) is 19.4 Å². The van der Waals surface area contributed by atoms with Crippen LogP contribution >= 0.6 is 15.9 Å². The van der Waals surface area contributed by atoms with E-state index in [1.165, 1.54) is 0 Å². The van der Waals surface area contributed by atoms with Gasteiger partial charge < -0.3 is 15.4 Å². The van der Waals surface area contributed by atoms with Gasteiger partial charge in [-0.3, -0.25) is 0 Å². The third-order valence-corrected chi connectivity index (χ3v) is 2.78. The predicted octanol–water partition coefficient (Wildman–Crippen LogP) is 1.70. The van der Waals surface area contributed by atoms with Crippen molar-refractivity contribution in [3.05, 3.63) is 28.2 Å². The van der Waals surface area contributed by atoms with Gasteiger partial charge in [0.05, 0.1) is 6.04 Å². The second kappa shape index (κ2) is 4.11. The van der Waals surface area contributed by atoms with Gasteiger partial charge in [-0.1, -0.05) is 22.0 Å². The first kappa shape index (κ1) is 9.68. The second-order valence-electron chi connectivity index (χ2n) is 3.23. The lowest BCUT2D eigenvalue weighted by Crippen LogP contribution is -2.23. The summed E-state index contributed by atoms with van der Waals surface area (Å²) in [6, 6.07) is 5.72. The number of hydrogen-bond acceptors (Lipinski definition) is 3. The van der Waals surface area contributed by atoms with E-state index < -0.39 is 0 Å². The molecule has 1 heterocycles. The molecule has 0 radical (unpaired) electrons. The van der Waals surface area contributed by atoms with Crippen molar-refractivity contribution in [1.82, 2.24) is 5.32 Å². The van der Waals surface area contributed by atoms with Gasteiger partial charge in [-0.2, -0.15) is 0 Å². The average Bonchev–Trinajstić information content (AvgIpc) is 2.38. The highest BCUT2D eigenvalue weighted by molar-refractivity contribution is 9.10. The smallest absolute Gasteiger partial charge is 0.141 e. The third kappa shape index (κ3) is 1.81. The molecule has 0 saturated heterocycles. The zero-order valence-electron chi connectivity index (χ0n) is 7.59. The first-order chi connectivity index (χ1) is 6.81. The Morgan fingerprint density at radius 1 is 1.43 bits per heavy atom. The topological polar surface area (TPSA) is 41.1 Å². The minimum Gasteiger partial charge on any atom is -0.383 e. The number of halogens is 1. The Morgan fingerprint density at radius 3 is 3.07 bits per heavy atom. The van der Waals surface area contributed by atoms with E-state index in [1.54, 1.807) is 0 Å². The minimum atomic E-state index is -0.187. The molecule has 2 rings (SSSR count). The van der Waals surface area contributed by atoms with Crippen LogP contribution in [0.5, 0.6) is 0 Å². The quantitative estimate of drug-likeness (QED) is 0.750. The molecule has 0 aliphatic carbocycles. The van der Waals surface area contributed by atoms with E-state index in [0.717, 1.165) is 35.1 Å². The molecule has 0 saturated carbocycles. The molecule has 0 bridgehead atoms. The van der Waals surface area contributed by atoms with Crippen LogP contribution in [0.15, 0.2) is 22.7 Å². The Kier molecular flexibility index (Phi) is 2.84. The van der Waals surface area contributed by atoms with Crippen molar-refractivity contribution < 1.29 is 4.79 Å². The molecule has 4 heteroatoms. The second-order valence-corrected chi connectivity index (χ2v) is 4.14. The Labute approximate surface area is 91.0 Å². The van der Waals surface area contributed by atoms with Crippen LogP contribution in [0.4, 0.5) is 5.69 Å². The molecule has 0 spiro atoms. The molecule has 2 N–H and O–H groups in total. The summed E-state index contributed by atoms with van der Waals surface area (Å²) in [5.74, 6) is 0. The number of carbonyl (C=O) groups excluding carboxylic acids is 1. The van der Waals surface area contributed by atoms with Gasteiger partial charge in [-0.05, 0) is 17.7 Å². The van der Waals surface area contributed by atoms with E-state index in [0.29, 0.717) is 0 Å². The van der Waals surface area contributed by atoms with Crippen LogP contribution in [0.3, 0.4) is 0 Å². The Balaban J connectivity index is 2.44. The fourth-order valence-electron chi connectivity index (χ4n) is 1.61. The molecule has 0 amide bonds. The fraction of sp³-hybridized carbons (Fsp3) is 0.300. The summed E-state index contributed by atoms with van der Waals surface area (Å²) in [4.78, 5) is 10.9. The number of anilines is 1. The monoisotopic (exact) mass is 254 g/mol. The molecular formula is C10H11BrN2O. The van der Waals surface area contributed by atoms with Gasteiger partial charge in [0.25, 0.3) is 0 Å². The number of rotatable bonds is 1. The lowest BCUT2D eigenvalue weighted by atomic mass is 10.1. The molecule has 0 aromatic heterocycles. The summed E-state index contributed by atoms with van der Waals surface area (Å²) in [7, 11) is 0. The fourth-order valence-corrected chi connectivity index (χ4v) is 1.97. The lowest BCUT2D eigenvalue weighted by molar-refractivity contribution is -0.109. The maximum Gasteiger partial charge on any atom is 0.141 e. The van der Waals surface area contributed by atoms with Crippen LogP contribution < -0.4 is 10.6 Å². The molecule has 1 aromatic carbocycles. The third-order valence-electron chi connectivity index (χ3n) is 2.29. The first-order valence-corrected chi connectivity index (χ1v) is 5.32. The number of fused-ring (bicyclic) bond motifs is 1. The van der Waals surface area contributed by atoms with Gasteiger partial charge >= 0.3 is 0 Å². The Morgan fingerprint density at radius 2 is 2.29 bits per heavy atom. The summed E-state index contributed by atoms with van der Waals surface area (Å²) >= 11 is 3.41. The van der Waals surface area contributed by atoms with Crippen molar-refractivity contribution in [3.63, 3.8) is 0 Å². The van der Waals surface area contributed by atoms with E-state index in [-0.39, 0.29) is 6.04 Å². The highest BCUT2D eigenvalue weighted by Crippen LogP contribution is 2.26. The molecule has 1 aliphatic heterocycles. The molecule has 1 aromatic rings. The molecule has 1 unspecified atom stereocenters. The number of benzene rings is 1. The van der Waals surface area contributed by atoms with E-state index >= 15 is 0 Å². The number of hydrogen-bond donors (Lipinski definition) is 2. The van der Waals surface area contributed by atoms with Gasteiger partial charge in [0, 0.05) is 23.2 Å². The van der Waals surface area contributed by atoms with E-state index in [4.69, 9.17) is 0 Å². The maximum absolute atomic E-state index is 10.9. The van der Waals surface area contributed by atoms with Gasteiger partial charge in [0.1, 0.15) is 6.29 Å². The zero-order valence-corrected chi connectivity index (χ0v) is 9.17. The van der Waals surface area contributed by atoms with Crippen molar-refractivity contribution in [2.75, 3.05) is 18.4 Å².